The van der Waals surface area contributed by atoms with Gasteiger partial charge in [0.05, 0.1) is 33.5 Å². The smallest absolute Gasteiger partial charge is 0.157 e. The lowest BCUT2D eigenvalue weighted by molar-refractivity contribution is 0.995. The molecule has 2 aliphatic rings. The van der Waals surface area contributed by atoms with E-state index in [1.165, 1.54) is 43.6 Å². The Kier molecular flexibility index (Phi) is 7.66. The van der Waals surface area contributed by atoms with E-state index in [9.17, 15) is 0 Å². The summed E-state index contributed by atoms with van der Waals surface area (Å²) in [5.41, 5.74) is 14.1. The Balaban J connectivity index is 1.10. The molecule has 3 aromatic heterocycles. The van der Waals surface area contributed by atoms with Crippen molar-refractivity contribution in [3.63, 3.8) is 0 Å². The van der Waals surface area contributed by atoms with Gasteiger partial charge in [0.15, 0.2) is 5.82 Å². The fourth-order valence-electron chi connectivity index (χ4n) is 8.49. The third-order valence-corrected chi connectivity index (χ3v) is 11.1. The third-order valence-electron chi connectivity index (χ3n) is 11.1. The zero-order valence-corrected chi connectivity index (χ0v) is 30.7. The molecule has 9 aromatic rings. The lowest BCUT2D eigenvalue weighted by Crippen LogP contribution is -2.04. The van der Waals surface area contributed by atoms with Crippen LogP contribution >= 0.6 is 0 Å². The van der Waals surface area contributed by atoms with Gasteiger partial charge in [-0.3, -0.25) is 9.98 Å². The average Bonchev–Trinajstić information content (AvgIpc) is 3.80. The van der Waals surface area contributed by atoms with Gasteiger partial charge in [-0.05, 0) is 78.9 Å². The lowest BCUT2D eigenvalue weighted by Gasteiger charge is -2.16. The average molecular weight is 721 g/mol. The Bertz CT molecular complexity index is 2900. The molecule has 0 aliphatic carbocycles. The van der Waals surface area contributed by atoms with E-state index in [0.29, 0.717) is 0 Å². The van der Waals surface area contributed by atoms with Crippen molar-refractivity contribution in [2.24, 2.45) is 9.98 Å². The van der Waals surface area contributed by atoms with Gasteiger partial charge in [0.25, 0.3) is 0 Å². The van der Waals surface area contributed by atoms with Crippen LogP contribution in [0.2, 0.25) is 0 Å². The second-order valence-corrected chi connectivity index (χ2v) is 14.5. The lowest BCUT2D eigenvalue weighted by atomic mass is 10.00. The molecule has 11 rings (SSSR count). The maximum atomic E-state index is 5.10. The van der Waals surface area contributed by atoms with Crippen LogP contribution in [-0.4, -0.2) is 38.1 Å². The van der Waals surface area contributed by atoms with Gasteiger partial charge in [0.1, 0.15) is 0 Å². The fourth-order valence-corrected chi connectivity index (χ4v) is 8.49. The minimum Gasteiger partial charge on any atom is -0.309 e. The van der Waals surface area contributed by atoms with Crippen LogP contribution in [0.1, 0.15) is 30.8 Å². The van der Waals surface area contributed by atoms with Crippen LogP contribution in [0.4, 0.5) is 0 Å². The molecule has 0 fully saturated rings. The Hall–Kier alpha value is -7.18. The van der Waals surface area contributed by atoms with E-state index in [-0.39, 0.29) is 0 Å². The predicted octanol–water partition coefficient (Wildman–Crippen LogP) is 12.1. The van der Waals surface area contributed by atoms with E-state index in [1.807, 2.05) is 18.6 Å². The first-order valence-corrected chi connectivity index (χ1v) is 19.3. The zero-order chi connectivity index (χ0) is 37.0. The summed E-state index contributed by atoms with van der Waals surface area (Å²) in [5.74, 6) is 0.730. The summed E-state index contributed by atoms with van der Waals surface area (Å²) >= 11 is 0. The predicted molar refractivity (Wildman–Crippen MR) is 233 cm³/mol. The highest BCUT2D eigenvalue weighted by Crippen LogP contribution is 2.38. The minimum atomic E-state index is 0.730. The number of para-hydroxylation sites is 4. The van der Waals surface area contributed by atoms with Crippen molar-refractivity contribution < 1.29 is 0 Å². The number of aliphatic imine (C=N–C) groups is 2. The molecule has 6 heteroatoms. The van der Waals surface area contributed by atoms with Crippen LogP contribution in [0, 0.1) is 0 Å². The molecule has 0 bridgehead atoms. The Labute approximate surface area is 324 Å². The molecule has 0 unspecified atom stereocenters. The third kappa shape index (κ3) is 5.41. The Morgan fingerprint density at radius 3 is 1.54 bits per heavy atom. The first-order valence-electron chi connectivity index (χ1n) is 19.3. The molecule has 0 saturated carbocycles. The van der Waals surface area contributed by atoms with E-state index < -0.39 is 0 Å². The van der Waals surface area contributed by atoms with Gasteiger partial charge in [-0.1, -0.05) is 103 Å². The number of dihydropyridines is 1. The summed E-state index contributed by atoms with van der Waals surface area (Å²) in [6.07, 6.45) is 10.7. The minimum absolute atomic E-state index is 0.730. The standard InChI is InChI=1S/C50H36N6/c1-5-17-46-40(13-1)41-14-2-6-18-47(41)55(46)38-27-37(28-39(29-38)56-48-19-7-3-15-42(48)43-16-4-8-20-49(43)56)33-21-23-34(24-22-33)44-30-45(35-11-9-25-51-31-35)54-50(53-44)36-12-10-26-52-32-36/h1-8,11,13-24,26-32H,9-10,12,25H2. The second-order valence-electron chi connectivity index (χ2n) is 14.5. The molecule has 2 aliphatic heterocycles. The molecule has 0 spiro atoms. The molecule has 6 nitrogen and oxygen atoms in total. The van der Waals surface area contributed by atoms with E-state index in [2.05, 4.69) is 171 Å². The van der Waals surface area contributed by atoms with Crippen molar-refractivity contribution in [2.45, 2.75) is 19.3 Å². The van der Waals surface area contributed by atoms with E-state index in [1.54, 1.807) is 0 Å². The van der Waals surface area contributed by atoms with E-state index in [0.717, 1.165) is 82.2 Å². The molecule has 0 amide bonds. The molecule has 0 saturated heterocycles. The molecular weight excluding hydrogens is 685 g/mol. The summed E-state index contributed by atoms with van der Waals surface area (Å²) in [5, 5.41) is 4.97. The number of nitrogens with zero attached hydrogens (tertiary/aromatic N) is 6. The van der Waals surface area contributed by atoms with Crippen molar-refractivity contribution in [3.8, 4) is 33.8 Å². The van der Waals surface area contributed by atoms with Crippen LogP contribution in [0.15, 0.2) is 168 Å². The molecule has 6 aromatic carbocycles. The van der Waals surface area contributed by atoms with E-state index >= 15 is 0 Å². The molecule has 56 heavy (non-hydrogen) atoms. The van der Waals surface area contributed by atoms with Gasteiger partial charge in [0.2, 0.25) is 0 Å². The van der Waals surface area contributed by atoms with Crippen LogP contribution in [0.3, 0.4) is 0 Å². The van der Waals surface area contributed by atoms with Gasteiger partial charge in [0, 0.05) is 74.8 Å². The highest BCUT2D eigenvalue weighted by molar-refractivity contribution is 6.11. The molecule has 5 heterocycles. The quantitative estimate of drug-likeness (QED) is 0.172. The summed E-state index contributed by atoms with van der Waals surface area (Å²) in [4.78, 5) is 19.1. The normalized spacial score (nSPS) is 14.2. The maximum Gasteiger partial charge on any atom is 0.157 e. The topological polar surface area (TPSA) is 60.4 Å². The van der Waals surface area contributed by atoms with Crippen molar-refractivity contribution in [2.75, 3.05) is 6.54 Å². The van der Waals surface area contributed by atoms with Gasteiger partial charge in [-0.15, -0.1) is 0 Å². The van der Waals surface area contributed by atoms with Gasteiger partial charge < -0.3 is 9.13 Å². The van der Waals surface area contributed by atoms with Crippen LogP contribution in [0.25, 0.3) is 88.5 Å². The van der Waals surface area contributed by atoms with Crippen LogP contribution in [0.5, 0.6) is 0 Å². The second kappa shape index (κ2) is 13.3. The van der Waals surface area contributed by atoms with Crippen molar-refractivity contribution >= 4 is 67.2 Å². The van der Waals surface area contributed by atoms with E-state index in [4.69, 9.17) is 9.97 Å². The molecule has 0 atom stereocenters. The number of hydrogen-bond donors (Lipinski definition) is 0. The Morgan fingerprint density at radius 2 is 1.02 bits per heavy atom. The summed E-state index contributed by atoms with van der Waals surface area (Å²) in [6, 6.07) is 52.8. The Morgan fingerprint density at radius 1 is 0.482 bits per heavy atom. The highest BCUT2D eigenvalue weighted by Gasteiger charge is 2.18. The van der Waals surface area contributed by atoms with Crippen LogP contribution in [-0.2, 0) is 0 Å². The van der Waals surface area contributed by atoms with Gasteiger partial charge in [-0.2, -0.15) is 0 Å². The molecule has 0 N–H and O–H groups in total. The largest absolute Gasteiger partial charge is 0.309 e. The summed E-state index contributed by atoms with van der Waals surface area (Å²) in [7, 11) is 0. The molecular formula is C50H36N6. The number of benzene rings is 6. The van der Waals surface area contributed by atoms with Gasteiger partial charge in [-0.25, -0.2) is 9.97 Å². The molecule has 266 valence electrons. The summed E-state index contributed by atoms with van der Waals surface area (Å²) < 4.78 is 4.83. The maximum absolute atomic E-state index is 5.10. The number of fused-ring (bicyclic) bond motifs is 6. The number of rotatable bonds is 6. The van der Waals surface area contributed by atoms with Crippen molar-refractivity contribution in [1.29, 1.82) is 0 Å². The van der Waals surface area contributed by atoms with Crippen molar-refractivity contribution in [1.82, 2.24) is 19.1 Å². The number of allylic oxidation sites excluding steroid dienone is 2. The first-order chi connectivity index (χ1) is 27.8. The summed E-state index contributed by atoms with van der Waals surface area (Å²) in [6.45, 7) is 0.812. The number of hydrogen-bond acceptors (Lipinski definition) is 4. The van der Waals surface area contributed by atoms with Gasteiger partial charge >= 0.3 is 0 Å². The van der Waals surface area contributed by atoms with Crippen molar-refractivity contribution in [3.05, 3.63) is 169 Å². The first kappa shape index (κ1) is 32.3. The SMILES string of the molecule is C1=NC=C(c2nc(C3=CCCN=C3)cc(-c3ccc(-c4cc(-n5c6ccccc6c6ccccc65)cc(-n5c6ccccc6c6ccccc65)c4)cc3)n2)CC1. The number of aromatic nitrogens is 4. The monoisotopic (exact) mass is 720 g/mol. The van der Waals surface area contributed by atoms with Crippen LogP contribution < -0.4 is 0 Å². The zero-order valence-electron chi connectivity index (χ0n) is 30.7. The highest BCUT2D eigenvalue weighted by atomic mass is 15.0. The fraction of sp³-hybridized carbons (Fsp3) is 0.0800. The molecule has 0 radical (unpaired) electrons.